The molecule has 0 aliphatic carbocycles. The number of nitrogens with zero attached hydrogens (tertiary/aromatic N) is 2. The van der Waals surface area contributed by atoms with Gasteiger partial charge in [-0.25, -0.2) is 4.79 Å². The van der Waals surface area contributed by atoms with Crippen molar-refractivity contribution in [2.75, 3.05) is 19.6 Å². The van der Waals surface area contributed by atoms with E-state index in [1.54, 1.807) is 4.90 Å². The lowest BCUT2D eigenvalue weighted by Crippen LogP contribution is -2.62. The SMILES string of the molecule is CC(C)(C)OC(=O)N1CC(CN)(CC#N)C1. The van der Waals surface area contributed by atoms with Gasteiger partial charge in [0.15, 0.2) is 0 Å². The summed E-state index contributed by atoms with van der Waals surface area (Å²) in [5, 5.41) is 8.67. The van der Waals surface area contributed by atoms with Gasteiger partial charge < -0.3 is 15.4 Å². The number of hydrogen-bond acceptors (Lipinski definition) is 4. The lowest BCUT2D eigenvalue weighted by Gasteiger charge is -2.48. The van der Waals surface area contributed by atoms with Gasteiger partial charge in [0.1, 0.15) is 5.60 Å². The smallest absolute Gasteiger partial charge is 0.410 e. The van der Waals surface area contributed by atoms with E-state index in [4.69, 9.17) is 15.7 Å². The van der Waals surface area contributed by atoms with Crippen molar-refractivity contribution < 1.29 is 9.53 Å². The number of rotatable bonds is 2. The molecule has 0 aromatic heterocycles. The molecule has 90 valence electrons. The Hall–Kier alpha value is -1.28. The molecule has 1 fully saturated rings. The van der Waals surface area contributed by atoms with Gasteiger partial charge in [-0.15, -0.1) is 0 Å². The molecule has 1 heterocycles. The number of ether oxygens (including phenoxy) is 1. The number of carbonyl (C=O) groups excluding carboxylic acids is 1. The normalized spacial score (nSPS) is 18.6. The van der Waals surface area contributed by atoms with E-state index in [0.717, 1.165) is 0 Å². The molecular formula is C11H19N3O2. The Labute approximate surface area is 96.2 Å². The zero-order valence-electron chi connectivity index (χ0n) is 10.1. The molecule has 2 N–H and O–H groups in total. The largest absolute Gasteiger partial charge is 0.444 e. The highest BCUT2D eigenvalue weighted by Gasteiger charge is 2.45. The van der Waals surface area contributed by atoms with E-state index in [1.807, 2.05) is 20.8 Å². The predicted octanol–water partition coefficient (Wildman–Crippen LogP) is 1.10. The minimum atomic E-state index is -0.479. The Morgan fingerprint density at radius 3 is 2.50 bits per heavy atom. The molecule has 1 aliphatic heterocycles. The van der Waals surface area contributed by atoms with Crippen molar-refractivity contribution in [3.8, 4) is 6.07 Å². The summed E-state index contributed by atoms with van der Waals surface area (Å²) in [7, 11) is 0. The Balaban J connectivity index is 2.46. The van der Waals surface area contributed by atoms with E-state index in [1.165, 1.54) is 0 Å². The first-order valence-corrected chi connectivity index (χ1v) is 5.37. The van der Waals surface area contributed by atoms with Gasteiger partial charge >= 0.3 is 6.09 Å². The second-order valence-electron chi connectivity index (χ2n) is 5.38. The Bertz CT molecular complexity index is 308. The average Bonchev–Trinajstić information content (AvgIpc) is 2.07. The van der Waals surface area contributed by atoms with Crippen molar-refractivity contribution in [3.05, 3.63) is 0 Å². The van der Waals surface area contributed by atoms with E-state index in [2.05, 4.69) is 6.07 Å². The second-order valence-corrected chi connectivity index (χ2v) is 5.38. The van der Waals surface area contributed by atoms with E-state index < -0.39 is 5.60 Å². The van der Waals surface area contributed by atoms with Crippen molar-refractivity contribution in [2.45, 2.75) is 32.8 Å². The molecule has 1 aliphatic rings. The zero-order chi connectivity index (χ0) is 12.4. The molecule has 0 saturated carbocycles. The number of likely N-dealkylation sites (tertiary alicyclic amines) is 1. The highest BCUT2D eigenvalue weighted by atomic mass is 16.6. The van der Waals surface area contributed by atoms with Crippen LogP contribution in [0.2, 0.25) is 0 Å². The van der Waals surface area contributed by atoms with Crippen molar-refractivity contribution >= 4 is 6.09 Å². The molecule has 0 radical (unpaired) electrons. The minimum absolute atomic E-state index is 0.217. The van der Waals surface area contributed by atoms with Gasteiger partial charge in [0.2, 0.25) is 0 Å². The van der Waals surface area contributed by atoms with E-state index in [-0.39, 0.29) is 11.5 Å². The van der Waals surface area contributed by atoms with Crippen LogP contribution < -0.4 is 5.73 Å². The summed E-state index contributed by atoms with van der Waals surface area (Å²) in [6.45, 7) is 6.96. The standard InChI is InChI=1S/C11H19N3O2/c1-10(2,3)16-9(15)14-7-11(6-13,8-14)4-5-12/h4,6-8,13H2,1-3H3. The van der Waals surface area contributed by atoms with Crippen LogP contribution in [0.3, 0.4) is 0 Å². The van der Waals surface area contributed by atoms with Gasteiger partial charge in [0.05, 0.1) is 6.07 Å². The van der Waals surface area contributed by atoms with Crippen LogP contribution in [-0.4, -0.2) is 36.2 Å². The third-order valence-corrected chi connectivity index (χ3v) is 2.59. The molecular weight excluding hydrogens is 206 g/mol. The molecule has 0 aromatic rings. The molecule has 0 aromatic carbocycles. The molecule has 1 rings (SSSR count). The highest BCUT2D eigenvalue weighted by Crippen LogP contribution is 2.33. The van der Waals surface area contributed by atoms with Crippen LogP contribution in [0.25, 0.3) is 0 Å². The molecule has 16 heavy (non-hydrogen) atoms. The lowest BCUT2D eigenvalue weighted by atomic mass is 9.77. The fourth-order valence-electron chi connectivity index (χ4n) is 1.70. The van der Waals surface area contributed by atoms with E-state index in [9.17, 15) is 4.79 Å². The molecule has 0 atom stereocenters. The number of hydrogen-bond donors (Lipinski definition) is 1. The zero-order valence-corrected chi connectivity index (χ0v) is 10.1. The van der Waals surface area contributed by atoms with Crippen LogP contribution in [0.5, 0.6) is 0 Å². The van der Waals surface area contributed by atoms with Gasteiger partial charge in [-0.05, 0) is 20.8 Å². The Morgan fingerprint density at radius 2 is 2.12 bits per heavy atom. The molecule has 5 heteroatoms. The summed E-state index contributed by atoms with van der Waals surface area (Å²) in [6.07, 6.45) is 0.0671. The molecule has 0 unspecified atom stereocenters. The van der Waals surface area contributed by atoms with E-state index >= 15 is 0 Å². The van der Waals surface area contributed by atoms with Crippen LogP contribution >= 0.6 is 0 Å². The maximum Gasteiger partial charge on any atom is 0.410 e. The van der Waals surface area contributed by atoms with Gasteiger partial charge in [-0.3, -0.25) is 0 Å². The first-order chi connectivity index (χ1) is 7.32. The number of amides is 1. The summed E-state index contributed by atoms with van der Waals surface area (Å²) >= 11 is 0. The van der Waals surface area contributed by atoms with Crippen LogP contribution in [0, 0.1) is 16.7 Å². The fraction of sp³-hybridized carbons (Fsp3) is 0.818. The maximum atomic E-state index is 11.6. The summed E-state index contributed by atoms with van der Waals surface area (Å²) in [4.78, 5) is 13.2. The summed E-state index contributed by atoms with van der Waals surface area (Å²) in [5.41, 5.74) is 4.92. The second kappa shape index (κ2) is 4.30. The summed E-state index contributed by atoms with van der Waals surface area (Å²) < 4.78 is 5.22. The molecule has 1 amide bonds. The van der Waals surface area contributed by atoms with Crippen LogP contribution in [0.1, 0.15) is 27.2 Å². The third kappa shape index (κ3) is 2.86. The average molecular weight is 225 g/mol. The molecule has 5 nitrogen and oxygen atoms in total. The highest BCUT2D eigenvalue weighted by molar-refractivity contribution is 5.69. The predicted molar refractivity (Wildman–Crippen MR) is 59.5 cm³/mol. The van der Waals surface area contributed by atoms with Crippen molar-refractivity contribution in [3.63, 3.8) is 0 Å². The summed E-state index contributed by atoms with van der Waals surface area (Å²) in [6, 6.07) is 2.11. The van der Waals surface area contributed by atoms with Crippen molar-refractivity contribution in [1.29, 1.82) is 5.26 Å². The quantitative estimate of drug-likeness (QED) is 0.763. The topological polar surface area (TPSA) is 79.3 Å². The monoisotopic (exact) mass is 225 g/mol. The summed E-state index contributed by atoms with van der Waals surface area (Å²) in [5.74, 6) is 0. The third-order valence-electron chi connectivity index (χ3n) is 2.59. The fourth-order valence-corrected chi connectivity index (χ4v) is 1.70. The van der Waals surface area contributed by atoms with Crippen LogP contribution in [0.15, 0.2) is 0 Å². The van der Waals surface area contributed by atoms with Gasteiger partial charge in [0, 0.05) is 31.5 Å². The van der Waals surface area contributed by atoms with Crippen LogP contribution in [0.4, 0.5) is 4.79 Å². The first kappa shape index (κ1) is 12.8. The number of nitrogens with two attached hydrogens (primary N) is 1. The van der Waals surface area contributed by atoms with Gasteiger partial charge in [-0.2, -0.15) is 5.26 Å². The first-order valence-electron chi connectivity index (χ1n) is 5.37. The van der Waals surface area contributed by atoms with Crippen molar-refractivity contribution in [1.82, 2.24) is 4.90 Å². The van der Waals surface area contributed by atoms with Gasteiger partial charge in [0.25, 0.3) is 0 Å². The number of nitriles is 1. The lowest BCUT2D eigenvalue weighted by molar-refractivity contribution is -0.0294. The van der Waals surface area contributed by atoms with Crippen LogP contribution in [-0.2, 0) is 4.74 Å². The Kier molecular flexibility index (Phi) is 3.44. The minimum Gasteiger partial charge on any atom is -0.444 e. The molecule has 1 saturated heterocycles. The van der Waals surface area contributed by atoms with Crippen molar-refractivity contribution in [2.24, 2.45) is 11.1 Å². The Morgan fingerprint density at radius 1 is 1.56 bits per heavy atom. The molecule has 0 bridgehead atoms. The van der Waals surface area contributed by atoms with E-state index in [0.29, 0.717) is 26.1 Å². The molecule has 0 spiro atoms. The number of carbonyl (C=O) groups is 1. The maximum absolute atomic E-state index is 11.6. The van der Waals surface area contributed by atoms with Gasteiger partial charge in [-0.1, -0.05) is 0 Å².